The molecule has 2 aliphatic rings. The Morgan fingerprint density at radius 2 is 2.28 bits per heavy atom. The lowest BCUT2D eigenvalue weighted by Gasteiger charge is -2.30. The fourth-order valence-electron chi connectivity index (χ4n) is 3.28. The molecule has 2 amide bonds. The number of furan rings is 1. The number of carbonyl (C=O) groups is 2. The van der Waals surface area contributed by atoms with Crippen LogP contribution in [0.15, 0.2) is 35.0 Å². The van der Waals surface area contributed by atoms with Gasteiger partial charge in [-0.25, -0.2) is 4.98 Å². The van der Waals surface area contributed by atoms with Crippen molar-refractivity contribution in [2.75, 3.05) is 11.9 Å². The molecule has 0 saturated carbocycles. The van der Waals surface area contributed by atoms with E-state index in [2.05, 4.69) is 22.5 Å². The normalized spacial score (nSPS) is 19.5. The lowest BCUT2D eigenvalue weighted by atomic mass is 9.92. The van der Waals surface area contributed by atoms with E-state index >= 15 is 0 Å². The van der Waals surface area contributed by atoms with E-state index in [1.807, 2.05) is 4.90 Å². The molecule has 4 rings (SSSR count). The Balaban J connectivity index is 1.43. The van der Waals surface area contributed by atoms with Gasteiger partial charge < -0.3 is 9.32 Å². The number of nitrogens with one attached hydrogen (secondary N) is 1. The molecule has 0 bridgehead atoms. The molecule has 0 spiro atoms. The average molecular weight is 357 g/mol. The highest BCUT2D eigenvalue weighted by Gasteiger charge is 2.29. The fraction of sp³-hybridized carbons (Fsp3) is 0.389. The van der Waals surface area contributed by atoms with E-state index in [0.29, 0.717) is 18.2 Å². The van der Waals surface area contributed by atoms with E-state index in [1.165, 1.54) is 17.6 Å². The van der Waals surface area contributed by atoms with Crippen LogP contribution >= 0.6 is 11.3 Å². The monoisotopic (exact) mass is 357 g/mol. The SMILES string of the molecule is O=C(Nc1nc2c(s1)CN(C(=O)C1CC=CCC1)CC2)c1ccco1. The van der Waals surface area contributed by atoms with Crippen molar-refractivity contribution >= 4 is 28.3 Å². The summed E-state index contributed by atoms with van der Waals surface area (Å²) in [4.78, 5) is 32.2. The first-order chi connectivity index (χ1) is 12.2. The summed E-state index contributed by atoms with van der Waals surface area (Å²) in [5.41, 5.74) is 0.979. The van der Waals surface area contributed by atoms with Crippen molar-refractivity contribution in [1.82, 2.24) is 9.88 Å². The standard InChI is InChI=1S/C18H19N3O3S/c22-16(14-7-4-10-24-14)20-18-19-13-8-9-21(11-15(13)25-18)17(23)12-5-2-1-3-6-12/h1-2,4,7,10,12H,3,5-6,8-9,11H2,(H,19,20,22). The van der Waals surface area contributed by atoms with E-state index in [1.54, 1.807) is 12.1 Å². The summed E-state index contributed by atoms with van der Waals surface area (Å²) in [6, 6.07) is 3.29. The van der Waals surface area contributed by atoms with Crippen LogP contribution in [0.5, 0.6) is 0 Å². The molecular weight excluding hydrogens is 338 g/mol. The smallest absolute Gasteiger partial charge is 0.293 e. The minimum Gasteiger partial charge on any atom is -0.459 e. The van der Waals surface area contributed by atoms with E-state index in [9.17, 15) is 9.59 Å². The Hall–Kier alpha value is -2.41. The average Bonchev–Trinajstić information content (AvgIpc) is 3.30. The molecule has 25 heavy (non-hydrogen) atoms. The van der Waals surface area contributed by atoms with Gasteiger partial charge >= 0.3 is 0 Å². The number of amides is 2. The second kappa shape index (κ2) is 6.84. The number of hydrogen-bond acceptors (Lipinski definition) is 5. The number of nitrogens with zero attached hydrogens (tertiary/aromatic N) is 2. The van der Waals surface area contributed by atoms with Gasteiger partial charge in [0.2, 0.25) is 5.91 Å². The fourth-order valence-corrected chi connectivity index (χ4v) is 4.30. The molecule has 130 valence electrons. The molecule has 1 aliphatic carbocycles. The second-order valence-corrected chi connectivity index (χ2v) is 7.40. The second-order valence-electron chi connectivity index (χ2n) is 6.31. The predicted molar refractivity (Wildman–Crippen MR) is 94.4 cm³/mol. The molecule has 0 fully saturated rings. The minimum absolute atomic E-state index is 0.109. The van der Waals surface area contributed by atoms with Gasteiger partial charge in [-0.3, -0.25) is 14.9 Å². The van der Waals surface area contributed by atoms with Crippen LogP contribution in [0.4, 0.5) is 5.13 Å². The third-order valence-corrected chi connectivity index (χ3v) is 5.62. The first kappa shape index (κ1) is 16.1. The van der Waals surface area contributed by atoms with E-state index in [4.69, 9.17) is 4.42 Å². The summed E-state index contributed by atoms with van der Waals surface area (Å²) in [5, 5.41) is 3.33. The molecule has 7 heteroatoms. The van der Waals surface area contributed by atoms with Crippen LogP contribution in [0.25, 0.3) is 0 Å². The Morgan fingerprint density at radius 1 is 1.36 bits per heavy atom. The Bertz CT molecular complexity index is 810. The van der Waals surface area contributed by atoms with Crippen molar-refractivity contribution in [3.8, 4) is 0 Å². The van der Waals surface area contributed by atoms with Gasteiger partial charge in [0, 0.05) is 23.8 Å². The van der Waals surface area contributed by atoms with Crippen LogP contribution in [-0.4, -0.2) is 28.2 Å². The van der Waals surface area contributed by atoms with Crippen molar-refractivity contribution in [2.24, 2.45) is 5.92 Å². The van der Waals surface area contributed by atoms with Crippen LogP contribution in [0.1, 0.15) is 40.4 Å². The van der Waals surface area contributed by atoms with Crippen LogP contribution in [0.2, 0.25) is 0 Å². The summed E-state index contributed by atoms with van der Waals surface area (Å²) in [5.74, 6) is 0.301. The molecule has 2 aromatic rings. The molecule has 0 saturated heterocycles. The van der Waals surface area contributed by atoms with Crippen molar-refractivity contribution in [3.05, 3.63) is 46.9 Å². The zero-order valence-electron chi connectivity index (χ0n) is 13.7. The maximum atomic E-state index is 12.7. The van der Waals surface area contributed by atoms with Crippen molar-refractivity contribution in [3.63, 3.8) is 0 Å². The number of carbonyl (C=O) groups excluding carboxylic acids is 2. The number of fused-ring (bicyclic) bond motifs is 1. The molecule has 1 aliphatic heterocycles. The van der Waals surface area contributed by atoms with E-state index in [0.717, 1.165) is 36.3 Å². The summed E-state index contributed by atoms with van der Waals surface area (Å²) in [6.45, 7) is 1.28. The summed E-state index contributed by atoms with van der Waals surface area (Å²) in [7, 11) is 0. The first-order valence-corrected chi connectivity index (χ1v) is 9.29. The van der Waals surface area contributed by atoms with Gasteiger partial charge in [-0.05, 0) is 31.4 Å². The number of aromatic nitrogens is 1. The number of hydrogen-bond donors (Lipinski definition) is 1. The summed E-state index contributed by atoms with van der Waals surface area (Å²) in [6.07, 6.45) is 9.22. The highest BCUT2D eigenvalue weighted by Crippen LogP contribution is 2.30. The molecule has 1 atom stereocenters. The van der Waals surface area contributed by atoms with Gasteiger partial charge in [-0.15, -0.1) is 0 Å². The zero-order chi connectivity index (χ0) is 17.2. The summed E-state index contributed by atoms with van der Waals surface area (Å²) < 4.78 is 5.09. The molecule has 1 unspecified atom stereocenters. The highest BCUT2D eigenvalue weighted by atomic mass is 32.1. The predicted octanol–water partition coefficient (Wildman–Crippen LogP) is 3.23. The third-order valence-electron chi connectivity index (χ3n) is 4.63. The van der Waals surface area contributed by atoms with Crippen molar-refractivity contribution < 1.29 is 14.0 Å². The zero-order valence-corrected chi connectivity index (χ0v) is 14.6. The molecule has 0 aromatic carbocycles. The Kier molecular flexibility index (Phi) is 4.40. The van der Waals surface area contributed by atoms with Gasteiger partial charge in [0.25, 0.3) is 5.91 Å². The maximum absolute atomic E-state index is 12.7. The Morgan fingerprint density at radius 3 is 3.04 bits per heavy atom. The lowest BCUT2D eigenvalue weighted by Crippen LogP contribution is -2.39. The van der Waals surface area contributed by atoms with Gasteiger partial charge in [0.05, 0.1) is 18.5 Å². The number of thiazole rings is 1. The third kappa shape index (κ3) is 3.37. The maximum Gasteiger partial charge on any atom is 0.293 e. The van der Waals surface area contributed by atoms with Crippen LogP contribution in [0, 0.1) is 5.92 Å². The lowest BCUT2D eigenvalue weighted by molar-refractivity contribution is -0.136. The topological polar surface area (TPSA) is 75.4 Å². The molecular formula is C18H19N3O3S. The molecule has 6 nitrogen and oxygen atoms in total. The van der Waals surface area contributed by atoms with Gasteiger partial charge in [0.15, 0.2) is 10.9 Å². The molecule has 3 heterocycles. The highest BCUT2D eigenvalue weighted by molar-refractivity contribution is 7.15. The quantitative estimate of drug-likeness (QED) is 0.856. The summed E-state index contributed by atoms with van der Waals surface area (Å²) >= 11 is 1.44. The molecule has 1 N–H and O–H groups in total. The number of anilines is 1. The first-order valence-electron chi connectivity index (χ1n) is 8.48. The molecule has 0 radical (unpaired) electrons. The number of allylic oxidation sites excluding steroid dienone is 2. The minimum atomic E-state index is -0.307. The van der Waals surface area contributed by atoms with Crippen molar-refractivity contribution in [1.29, 1.82) is 0 Å². The van der Waals surface area contributed by atoms with Gasteiger partial charge in [-0.1, -0.05) is 23.5 Å². The van der Waals surface area contributed by atoms with Crippen LogP contribution in [-0.2, 0) is 17.8 Å². The largest absolute Gasteiger partial charge is 0.459 e. The van der Waals surface area contributed by atoms with Crippen molar-refractivity contribution in [2.45, 2.75) is 32.2 Å². The van der Waals surface area contributed by atoms with Gasteiger partial charge in [0.1, 0.15) is 0 Å². The van der Waals surface area contributed by atoms with Crippen LogP contribution < -0.4 is 5.32 Å². The van der Waals surface area contributed by atoms with Crippen LogP contribution in [0.3, 0.4) is 0 Å². The molecule has 2 aromatic heterocycles. The van der Waals surface area contributed by atoms with Gasteiger partial charge in [-0.2, -0.15) is 0 Å². The Labute approximate surface area is 149 Å². The van der Waals surface area contributed by atoms with E-state index < -0.39 is 0 Å². The van der Waals surface area contributed by atoms with E-state index in [-0.39, 0.29) is 23.5 Å². The number of rotatable bonds is 3.